The fourth-order valence-electron chi connectivity index (χ4n) is 3.01. The summed E-state index contributed by atoms with van der Waals surface area (Å²) in [5.74, 6) is 0.550. The van der Waals surface area contributed by atoms with Crippen molar-refractivity contribution in [3.8, 4) is 6.07 Å². The molecule has 3 nitrogen and oxygen atoms in total. The highest BCUT2D eigenvalue weighted by atomic mass is 79.9. The van der Waals surface area contributed by atoms with E-state index in [2.05, 4.69) is 34.2 Å². The maximum absolute atomic E-state index is 12.5. The molecule has 1 fully saturated rings. The highest BCUT2D eigenvalue weighted by molar-refractivity contribution is 9.10. The first-order valence-corrected chi connectivity index (χ1v) is 8.29. The van der Waals surface area contributed by atoms with Crippen LogP contribution in [0.4, 0.5) is 0 Å². The van der Waals surface area contributed by atoms with Crippen molar-refractivity contribution in [1.29, 1.82) is 5.26 Å². The van der Waals surface area contributed by atoms with Crippen LogP contribution in [0.1, 0.15) is 54.9 Å². The predicted molar refractivity (Wildman–Crippen MR) is 86.9 cm³/mol. The third-order valence-electron chi connectivity index (χ3n) is 4.54. The number of nitrogens with zero attached hydrogens (tertiary/aromatic N) is 1. The maximum atomic E-state index is 12.5. The van der Waals surface area contributed by atoms with Crippen LogP contribution in [0.2, 0.25) is 0 Å². The van der Waals surface area contributed by atoms with Gasteiger partial charge in [0, 0.05) is 10.0 Å². The van der Waals surface area contributed by atoms with Crippen LogP contribution in [-0.2, 0) is 0 Å². The molecule has 112 valence electrons. The monoisotopic (exact) mass is 348 g/mol. The lowest BCUT2D eigenvalue weighted by Crippen LogP contribution is -2.49. The van der Waals surface area contributed by atoms with Crippen molar-refractivity contribution < 1.29 is 4.79 Å². The molecule has 0 unspecified atom stereocenters. The fourth-order valence-corrected chi connectivity index (χ4v) is 3.49. The van der Waals surface area contributed by atoms with E-state index in [9.17, 15) is 10.1 Å². The molecule has 1 N–H and O–H groups in total. The molecule has 2 rings (SSSR count). The summed E-state index contributed by atoms with van der Waals surface area (Å²) >= 11 is 3.40. The van der Waals surface area contributed by atoms with Crippen molar-refractivity contribution >= 4 is 21.8 Å². The number of carbonyl (C=O) groups is 1. The van der Waals surface area contributed by atoms with Gasteiger partial charge < -0.3 is 5.32 Å². The van der Waals surface area contributed by atoms with Crippen LogP contribution >= 0.6 is 15.9 Å². The summed E-state index contributed by atoms with van der Waals surface area (Å²) in [5, 5.41) is 12.5. The second kappa shape index (κ2) is 6.62. The number of rotatable bonds is 3. The zero-order chi connectivity index (χ0) is 15.5. The van der Waals surface area contributed by atoms with Gasteiger partial charge in [-0.1, -0.05) is 29.3 Å². The molecule has 1 amide bonds. The molecule has 1 aromatic carbocycles. The lowest BCUT2D eigenvalue weighted by atomic mass is 9.76. The molecule has 0 atom stereocenters. The number of nitriles is 1. The van der Waals surface area contributed by atoms with Gasteiger partial charge in [0.1, 0.15) is 5.54 Å². The van der Waals surface area contributed by atoms with Gasteiger partial charge in [0.2, 0.25) is 0 Å². The molecule has 0 saturated heterocycles. The van der Waals surface area contributed by atoms with Gasteiger partial charge in [-0.15, -0.1) is 0 Å². The molecule has 0 aromatic heterocycles. The average molecular weight is 349 g/mol. The zero-order valence-corrected chi connectivity index (χ0v) is 14.2. The lowest BCUT2D eigenvalue weighted by molar-refractivity contribution is 0.0890. The summed E-state index contributed by atoms with van der Waals surface area (Å²) in [6.07, 6.45) is 4.70. The van der Waals surface area contributed by atoms with Crippen LogP contribution in [0.3, 0.4) is 0 Å². The maximum Gasteiger partial charge on any atom is 0.252 e. The number of benzene rings is 1. The quantitative estimate of drug-likeness (QED) is 0.882. The van der Waals surface area contributed by atoms with Gasteiger partial charge in [0.05, 0.1) is 6.07 Å². The molecule has 1 aliphatic rings. The molecule has 1 saturated carbocycles. The van der Waals surface area contributed by atoms with E-state index in [0.717, 1.165) is 42.1 Å². The molecule has 0 spiro atoms. The van der Waals surface area contributed by atoms with Gasteiger partial charge in [-0.3, -0.25) is 4.79 Å². The van der Waals surface area contributed by atoms with E-state index >= 15 is 0 Å². The van der Waals surface area contributed by atoms with Crippen molar-refractivity contribution in [3.05, 3.63) is 33.8 Å². The highest BCUT2D eigenvalue weighted by Gasteiger charge is 2.36. The van der Waals surface area contributed by atoms with Crippen molar-refractivity contribution in [3.63, 3.8) is 0 Å². The fraction of sp³-hybridized carbons (Fsp3) is 0.529. The Morgan fingerprint density at radius 3 is 2.67 bits per heavy atom. The molecular formula is C17H21BrN2O. The number of halogens is 1. The van der Waals surface area contributed by atoms with Crippen LogP contribution < -0.4 is 5.32 Å². The predicted octanol–water partition coefficient (Wildman–Crippen LogP) is 4.35. The third-order valence-corrected chi connectivity index (χ3v) is 5.03. The van der Waals surface area contributed by atoms with E-state index in [4.69, 9.17) is 0 Å². The van der Waals surface area contributed by atoms with Gasteiger partial charge >= 0.3 is 0 Å². The second-order valence-electron chi connectivity index (χ2n) is 5.96. The van der Waals surface area contributed by atoms with E-state index in [0.29, 0.717) is 11.5 Å². The van der Waals surface area contributed by atoms with Gasteiger partial charge in [0.15, 0.2) is 0 Å². The van der Waals surface area contributed by atoms with Crippen LogP contribution in [0.25, 0.3) is 0 Å². The minimum absolute atomic E-state index is 0.142. The Morgan fingerprint density at radius 1 is 1.48 bits per heavy atom. The van der Waals surface area contributed by atoms with E-state index in [-0.39, 0.29) is 5.91 Å². The van der Waals surface area contributed by atoms with Gasteiger partial charge in [-0.25, -0.2) is 0 Å². The third kappa shape index (κ3) is 3.65. The van der Waals surface area contributed by atoms with E-state index in [1.54, 1.807) is 6.07 Å². The molecule has 0 heterocycles. The summed E-state index contributed by atoms with van der Waals surface area (Å²) in [6.45, 7) is 4.10. The average Bonchev–Trinajstić information content (AvgIpc) is 2.47. The molecule has 1 aromatic rings. The van der Waals surface area contributed by atoms with Crippen LogP contribution in [0.15, 0.2) is 22.7 Å². The molecule has 1 aliphatic carbocycles. The Morgan fingerprint density at radius 2 is 2.14 bits per heavy atom. The first kappa shape index (κ1) is 16.0. The van der Waals surface area contributed by atoms with Crippen LogP contribution in [0.5, 0.6) is 0 Å². The molecule has 0 aliphatic heterocycles. The van der Waals surface area contributed by atoms with Gasteiger partial charge in [0.25, 0.3) is 5.91 Å². The second-order valence-corrected chi connectivity index (χ2v) is 6.87. The number of hydrogen-bond acceptors (Lipinski definition) is 2. The van der Waals surface area contributed by atoms with E-state index in [1.165, 1.54) is 0 Å². The number of hydrogen-bond donors (Lipinski definition) is 1. The topological polar surface area (TPSA) is 52.9 Å². The lowest BCUT2D eigenvalue weighted by Gasteiger charge is -2.35. The molecular weight excluding hydrogens is 328 g/mol. The summed E-state index contributed by atoms with van der Waals surface area (Å²) in [4.78, 5) is 12.5. The summed E-state index contributed by atoms with van der Waals surface area (Å²) < 4.78 is 0.954. The Hall–Kier alpha value is -1.34. The Balaban J connectivity index is 2.12. The van der Waals surface area contributed by atoms with Crippen molar-refractivity contribution in [2.75, 3.05) is 0 Å². The minimum Gasteiger partial charge on any atom is -0.334 e. The number of nitrogens with one attached hydrogen (secondary N) is 1. The molecule has 4 heteroatoms. The summed E-state index contributed by atoms with van der Waals surface area (Å²) in [7, 11) is 0. The van der Waals surface area contributed by atoms with Crippen LogP contribution in [-0.4, -0.2) is 11.4 Å². The largest absolute Gasteiger partial charge is 0.334 e. The van der Waals surface area contributed by atoms with Crippen molar-refractivity contribution in [2.45, 2.75) is 51.5 Å². The summed E-state index contributed by atoms with van der Waals surface area (Å²) in [5.41, 5.74) is 0.866. The minimum atomic E-state index is -0.692. The SMILES string of the molecule is CCC1CCC(C#N)(NC(=O)c2ccc(Br)cc2C)CC1. The molecule has 0 radical (unpaired) electrons. The van der Waals surface area contributed by atoms with E-state index in [1.807, 2.05) is 19.1 Å². The van der Waals surface area contributed by atoms with Gasteiger partial charge in [-0.2, -0.15) is 5.26 Å². The number of carbonyl (C=O) groups excluding carboxylic acids is 1. The zero-order valence-electron chi connectivity index (χ0n) is 12.6. The number of amides is 1. The normalized spacial score (nSPS) is 25.1. The van der Waals surface area contributed by atoms with Crippen molar-refractivity contribution in [1.82, 2.24) is 5.32 Å². The Bertz CT molecular complexity index is 569. The standard InChI is InChI=1S/C17H21BrN2O/c1-3-13-6-8-17(11-19,9-7-13)20-16(21)15-5-4-14(18)10-12(15)2/h4-5,10,13H,3,6-9H2,1-2H3,(H,20,21). The van der Waals surface area contributed by atoms with Crippen molar-refractivity contribution in [2.24, 2.45) is 5.92 Å². The summed E-state index contributed by atoms with van der Waals surface area (Å²) in [6, 6.07) is 7.93. The molecule has 21 heavy (non-hydrogen) atoms. The first-order chi connectivity index (χ1) is 9.99. The molecule has 0 bridgehead atoms. The Labute approximate surface area is 134 Å². The van der Waals surface area contributed by atoms with Gasteiger partial charge in [-0.05, 0) is 62.3 Å². The number of aryl methyl sites for hydroxylation is 1. The van der Waals surface area contributed by atoms with Crippen LogP contribution in [0, 0.1) is 24.2 Å². The highest BCUT2D eigenvalue weighted by Crippen LogP contribution is 2.33. The Kier molecular flexibility index (Phi) is 5.05. The van der Waals surface area contributed by atoms with E-state index < -0.39 is 5.54 Å². The smallest absolute Gasteiger partial charge is 0.252 e. The first-order valence-electron chi connectivity index (χ1n) is 7.49.